The van der Waals surface area contributed by atoms with Gasteiger partial charge in [-0.1, -0.05) is 243 Å². The van der Waals surface area contributed by atoms with Crippen LogP contribution in [-0.2, 0) is 10.8 Å². The molecule has 0 bridgehead atoms. The van der Waals surface area contributed by atoms with E-state index >= 15 is 0 Å². The van der Waals surface area contributed by atoms with E-state index in [1.807, 2.05) is 0 Å². The molecule has 3 aliphatic rings. The highest BCUT2D eigenvalue weighted by atomic mass is 15.1. The Balaban J connectivity index is 1.04. The zero-order chi connectivity index (χ0) is 48.5. The Hall–Kier alpha value is -9.50. The Morgan fingerprint density at radius 2 is 0.811 bits per heavy atom. The smallest absolute Gasteiger partial charge is 0.0755 e. The molecule has 1 spiro atoms. The minimum Gasteiger partial charge on any atom is -0.309 e. The van der Waals surface area contributed by atoms with Gasteiger partial charge in [-0.05, 0) is 114 Å². The van der Waals surface area contributed by atoms with Gasteiger partial charge in [0.15, 0.2) is 0 Å². The summed E-state index contributed by atoms with van der Waals surface area (Å²) in [6.07, 6.45) is 0. The minimum absolute atomic E-state index is 0.603. The largest absolute Gasteiger partial charge is 0.309 e. The maximum absolute atomic E-state index is 2.60. The quantitative estimate of drug-likeness (QED) is 0.161. The molecule has 12 aromatic carbocycles. The van der Waals surface area contributed by atoms with Crippen molar-refractivity contribution >= 4 is 49.6 Å². The fraction of sp³-hybridized carbons (Fsp3) is 0.0278. The molecule has 74 heavy (non-hydrogen) atoms. The molecule has 0 fully saturated rings. The lowest BCUT2D eigenvalue weighted by Crippen LogP contribution is -2.33. The SMILES string of the molecule is c1ccc(-c2ccc(N(c3cccc4c3-c3ccccc3C43c4ccccc4-n4c5ccccc5c5cccc3c54)c3cc4c(c5ccccc35)-c3ccccc3C4(c3ccccc3)c3ccccc3)cc2)cc1. The number of anilines is 3. The third-order valence-electron chi connectivity index (χ3n) is 16.8. The van der Waals surface area contributed by atoms with Crippen LogP contribution < -0.4 is 4.90 Å². The first kappa shape index (κ1) is 41.2. The Labute approximate surface area is 430 Å². The summed E-state index contributed by atoms with van der Waals surface area (Å²) in [6.45, 7) is 0. The van der Waals surface area contributed by atoms with Gasteiger partial charge in [-0.15, -0.1) is 0 Å². The normalized spacial score (nSPS) is 15.2. The van der Waals surface area contributed by atoms with Crippen LogP contribution in [0.5, 0.6) is 0 Å². The topological polar surface area (TPSA) is 8.17 Å². The molecule has 0 radical (unpaired) electrons. The van der Waals surface area contributed by atoms with E-state index in [0.717, 1.165) is 17.1 Å². The standard InChI is InChI=1S/C72H46N2/c1-4-22-47(23-5-1)48-42-44-51(45-43-48)73(67-46-63-68(54-30-11-10-28-52(54)67)56-31-12-15-34-58(56)71(63,49-24-6-2-7-25-49)50-26-8-3-9-27-50)66-41-21-37-61-69(66)57-32-13-16-35-59(57)72(61)60-36-17-19-40-65(60)74-64-39-18-14-29-53(64)55-33-20-38-62(72)70(55)74/h1-46H. The van der Waals surface area contributed by atoms with E-state index in [9.17, 15) is 0 Å². The van der Waals surface area contributed by atoms with E-state index in [4.69, 9.17) is 0 Å². The monoisotopic (exact) mass is 938 g/mol. The number of rotatable bonds is 6. The van der Waals surface area contributed by atoms with Crippen LogP contribution in [0, 0.1) is 0 Å². The molecule has 0 N–H and O–H groups in total. The molecule has 13 aromatic rings. The van der Waals surface area contributed by atoms with Crippen LogP contribution in [-0.4, -0.2) is 4.57 Å². The first-order valence-corrected chi connectivity index (χ1v) is 25.8. The van der Waals surface area contributed by atoms with E-state index in [-0.39, 0.29) is 0 Å². The third-order valence-corrected chi connectivity index (χ3v) is 16.8. The van der Waals surface area contributed by atoms with Gasteiger partial charge in [0.1, 0.15) is 0 Å². The molecule has 344 valence electrons. The highest BCUT2D eigenvalue weighted by molar-refractivity contribution is 6.15. The van der Waals surface area contributed by atoms with Crippen molar-refractivity contribution in [1.29, 1.82) is 0 Å². The lowest BCUT2D eigenvalue weighted by Gasteiger charge is -2.40. The maximum atomic E-state index is 2.60. The zero-order valence-electron chi connectivity index (χ0n) is 40.5. The second-order valence-electron chi connectivity index (χ2n) is 20.2. The molecule has 1 aromatic heterocycles. The zero-order valence-corrected chi connectivity index (χ0v) is 40.5. The first-order chi connectivity index (χ1) is 36.8. The van der Waals surface area contributed by atoms with Gasteiger partial charge in [0.2, 0.25) is 0 Å². The number of hydrogen-bond acceptors (Lipinski definition) is 1. The predicted molar refractivity (Wildman–Crippen MR) is 307 cm³/mol. The summed E-state index contributed by atoms with van der Waals surface area (Å²) in [7, 11) is 0. The van der Waals surface area contributed by atoms with Crippen molar-refractivity contribution in [3.8, 4) is 39.1 Å². The van der Waals surface area contributed by atoms with Crippen molar-refractivity contribution in [2.75, 3.05) is 4.90 Å². The molecule has 0 saturated carbocycles. The van der Waals surface area contributed by atoms with E-state index in [0.29, 0.717) is 0 Å². The lowest BCUT2D eigenvalue weighted by molar-refractivity contribution is 0.748. The van der Waals surface area contributed by atoms with Gasteiger partial charge in [0.25, 0.3) is 0 Å². The number of fused-ring (bicyclic) bond motifs is 17. The lowest BCUT2D eigenvalue weighted by atomic mass is 9.65. The predicted octanol–water partition coefficient (Wildman–Crippen LogP) is 18.1. The molecule has 2 aliphatic carbocycles. The maximum Gasteiger partial charge on any atom is 0.0755 e. The van der Waals surface area contributed by atoms with Crippen LogP contribution in [0.4, 0.5) is 17.1 Å². The van der Waals surface area contributed by atoms with E-state index in [1.165, 1.54) is 116 Å². The minimum atomic E-state index is -0.608. The number of aromatic nitrogens is 1. The Kier molecular flexibility index (Phi) is 8.62. The van der Waals surface area contributed by atoms with Crippen LogP contribution >= 0.6 is 0 Å². The summed E-state index contributed by atoms with van der Waals surface area (Å²) in [5, 5.41) is 4.98. The fourth-order valence-corrected chi connectivity index (χ4v) is 14.1. The molecule has 2 nitrogen and oxygen atoms in total. The molecule has 0 amide bonds. The second kappa shape index (κ2) is 15.5. The van der Waals surface area contributed by atoms with E-state index in [1.54, 1.807) is 0 Å². The second-order valence-corrected chi connectivity index (χ2v) is 20.2. The average Bonchev–Trinajstić information content (AvgIpc) is 4.14. The van der Waals surface area contributed by atoms with Crippen LogP contribution in [0.1, 0.15) is 44.5 Å². The fourth-order valence-electron chi connectivity index (χ4n) is 14.1. The van der Waals surface area contributed by atoms with Crippen molar-refractivity contribution in [1.82, 2.24) is 4.57 Å². The molecule has 1 atom stereocenters. The van der Waals surface area contributed by atoms with Gasteiger partial charge in [-0.2, -0.15) is 0 Å². The Bertz CT molecular complexity index is 4380. The van der Waals surface area contributed by atoms with Crippen LogP contribution in [0.3, 0.4) is 0 Å². The van der Waals surface area contributed by atoms with Gasteiger partial charge in [-0.3, -0.25) is 0 Å². The van der Waals surface area contributed by atoms with E-state index < -0.39 is 10.8 Å². The number of nitrogens with zero attached hydrogens (tertiary/aromatic N) is 2. The van der Waals surface area contributed by atoms with Gasteiger partial charge in [0, 0.05) is 27.4 Å². The highest BCUT2D eigenvalue weighted by Crippen LogP contribution is 2.65. The molecule has 2 heteroatoms. The highest BCUT2D eigenvalue weighted by Gasteiger charge is 2.52. The number of hydrogen-bond donors (Lipinski definition) is 0. The van der Waals surface area contributed by atoms with Crippen molar-refractivity contribution in [2.24, 2.45) is 0 Å². The van der Waals surface area contributed by atoms with Crippen LogP contribution in [0.2, 0.25) is 0 Å². The summed E-state index contributed by atoms with van der Waals surface area (Å²) in [5.41, 5.74) is 23.6. The molecule has 0 saturated heterocycles. The van der Waals surface area contributed by atoms with Crippen LogP contribution in [0.25, 0.3) is 71.6 Å². The van der Waals surface area contributed by atoms with Crippen molar-refractivity contribution < 1.29 is 0 Å². The summed E-state index contributed by atoms with van der Waals surface area (Å²) in [6, 6.07) is 105. The molecular formula is C72H46N2. The summed E-state index contributed by atoms with van der Waals surface area (Å²) >= 11 is 0. The number of benzene rings is 12. The third kappa shape index (κ3) is 5.28. The molecular weight excluding hydrogens is 893 g/mol. The summed E-state index contributed by atoms with van der Waals surface area (Å²) in [4.78, 5) is 2.60. The van der Waals surface area contributed by atoms with Gasteiger partial charge >= 0.3 is 0 Å². The van der Waals surface area contributed by atoms with Gasteiger partial charge in [0.05, 0.1) is 38.9 Å². The van der Waals surface area contributed by atoms with Gasteiger partial charge < -0.3 is 9.47 Å². The van der Waals surface area contributed by atoms with Crippen LogP contribution in [0.15, 0.2) is 279 Å². The summed E-state index contributed by atoms with van der Waals surface area (Å²) < 4.78 is 2.53. The van der Waals surface area contributed by atoms with Crippen molar-refractivity contribution in [3.63, 3.8) is 0 Å². The molecule has 1 unspecified atom stereocenters. The Morgan fingerprint density at radius 1 is 0.297 bits per heavy atom. The van der Waals surface area contributed by atoms with Gasteiger partial charge in [-0.25, -0.2) is 0 Å². The van der Waals surface area contributed by atoms with Crippen molar-refractivity contribution in [3.05, 3.63) is 324 Å². The van der Waals surface area contributed by atoms with E-state index in [2.05, 4.69) is 289 Å². The average molecular weight is 939 g/mol. The molecule has 1 aliphatic heterocycles. The molecule has 16 rings (SSSR count). The van der Waals surface area contributed by atoms with Crippen molar-refractivity contribution in [2.45, 2.75) is 10.8 Å². The number of para-hydroxylation sites is 3. The summed E-state index contributed by atoms with van der Waals surface area (Å²) in [5.74, 6) is 0. The first-order valence-electron chi connectivity index (χ1n) is 25.8. The molecule has 2 heterocycles. The Morgan fingerprint density at radius 3 is 1.54 bits per heavy atom.